The number of aryl methyl sites for hydroxylation is 1. The zero-order valence-electron chi connectivity index (χ0n) is 36.6. The van der Waals surface area contributed by atoms with E-state index >= 15 is 0 Å². The van der Waals surface area contributed by atoms with Crippen LogP contribution in [0.5, 0.6) is 0 Å². The molecule has 2 aromatic carbocycles. The van der Waals surface area contributed by atoms with Crippen molar-refractivity contribution >= 4 is 5.97 Å². The Balaban J connectivity index is 0.000000326. The second-order valence-corrected chi connectivity index (χ2v) is 18.5. The second kappa shape index (κ2) is 25.6. The van der Waals surface area contributed by atoms with Gasteiger partial charge in [-0.1, -0.05) is 169 Å². The lowest BCUT2D eigenvalue weighted by Gasteiger charge is -2.28. The molecule has 1 unspecified atom stereocenters. The minimum Gasteiger partial charge on any atom is -0.478 e. The van der Waals surface area contributed by atoms with Crippen molar-refractivity contribution in [2.75, 3.05) is 0 Å². The molecule has 0 bridgehead atoms. The lowest BCUT2D eigenvalue weighted by atomic mass is 9.78. The Morgan fingerprint density at radius 1 is 0.577 bits per heavy atom. The largest absolute Gasteiger partial charge is 0.478 e. The Labute approximate surface area is 324 Å². The first-order chi connectivity index (χ1) is 24.4. The molecule has 2 nitrogen and oxygen atoms in total. The summed E-state index contributed by atoms with van der Waals surface area (Å²) in [5.74, 6) is 7.83. The van der Waals surface area contributed by atoms with Gasteiger partial charge in [-0.05, 0) is 134 Å². The molecule has 2 heteroatoms. The van der Waals surface area contributed by atoms with Crippen molar-refractivity contribution in [3.63, 3.8) is 0 Å². The van der Waals surface area contributed by atoms with E-state index in [-0.39, 0.29) is 0 Å². The molecule has 0 amide bonds. The normalized spacial score (nSPS) is 22.9. The molecular weight excluding hydrogens is 633 g/mol. The first kappa shape index (κ1) is 47.7. The summed E-state index contributed by atoms with van der Waals surface area (Å²) >= 11 is 0. The van der Waals surface area contributed by atoms with Crippen LogP contribution < -0.4 is 0 Å². The van der Waals surface area contributed by atoms with Gasteiger partial charge in [-0.3, -0.25) is 0 Å². The lowest BCUT2D eigenvalue weighted by molar-refractivity contribution is 0.0696. The smallest absolute Gasteiger partial charge is 0.335 e. The number of hydrogen-bond acceptors (Lipinski definition) is 1. The predicted molar refractivity (Wildman–Crippen MR) is 231 cm³/mol. The number of allylic oxidation sites excluding steroid dienone is 2. The summed E-state index contributed by atoms with van der Waals surface area (Å²) in [5, 5.41) is 8.69. The molecule has 5 rings (SSSR count). The zero-order valence-corrected chi connectivity index (χ0v) is 36.6. The predicted octanol–water partition coefficient (Wildman–Crippen LogP) is 16.0. The highest BCUT2D eigenvalue weighted by atomic mass is 16.4. The van der Waals surface area contributed by atoms with E-state index in [2.05, 4.69) is 113 Å². The van der Waals surface area contributed by atoms with E-state index in [0.717, 1.165) is 52.9 Å². The maximum atomic E-state index is 10.6. The molecule has 0 aliphatic heterocycles. The van der Waals surface area contributed by atoms with E-state index in [4.69, 9.17) is 5.11 Å². The fraction of sp³-hybridized carbons (Fsp3) is 0.700. The van der Waals surface area contributed by atoms with Gasteiger partial charge in [0.05, 0.1) is 5.56 Å². The van der Waals surface area contributed by atoms with E-state index < -0.39 is 5.97 Å². The summed E-state index contributed by atoms with van der Waals surface area (Å²) < 4.78 is 0. The van der Waals surface area contributed by atoms with Gasteiger partial charge >= 0.3 is 5.97 Å². The molecule has 0 heterocycles. The molecule has 0 saturated heterocycles. The first-order valence-corrected chi connectivity index (χ1v) is 21.5. The van der Waals surface area contributed by atoms with Gasteiger partial charge in [-0.25, -0.2) is 4.79 Å². The number of benzene rings is 2. The molecule has 296 valence electrons. The Morgan fingerprint density at radius 3 is 1.35 bits per heavy atom. The molecule has 0 radical (unpaired) electrons. The monoisotopic (exact) mass is 717 g/mol. The van der Waals surface area contributed by atoms with Gasteiger partial charge in [-0.15, -0.1) is 0 Å². The summed E-state index contributed by atoms with van der Waals surface area (Å²) in [6.45, 7) is 31.8. The molecule has 1 atom stereocenters. The van der Waals surface area contributed by atoms with Crippen LogP contribution in [-0.2, 0) is 0 Å². The number of carboxylic acid groups (broad SMARTS) is 1. The van der Waals surface area contributed by atoms with Crippen molar-refractivity contribution in [3.8, 4) is 0 Å². The van der Waals surface area contributed by atoms with Gasteiger partial charge in [0.25, 0.3) is 0 Å². The Kier molecular flexibility index (Phi) is 23.5. The highest BCUT2D eigenvalue weighted by Gasteiger charge is 2.21. The quantitative estimate of drug-likeness (QED) is 0.302. The fourth-order valence-corrected chi connectivity index (χ4v) is 7.48. The fourth-order valence-electron chi connectivity index (χ4n) is 7.48. The third kappa shape index (κ3) is 20.2. The van der Waals surface area contributed by atoms with E-state index in [1.54, 1.807) is 23.8 Å². The van der Waals surface area contributed by atoms with Crippen LogP contribution in [0.4, 0.5) is 0 Å². The number of aromatic carboxylic acids is 1. The van der Waals surface area contributed by atoms with Crippen molar-refractivity contribution in [1.82, 2.24) is 0 Å². The van der Waals surface area contributed by atoms with Crippen LogP contribution in [0.2, 0.25) is 0 Å². The molecule has 0 spiro atoms. The second-order valence-electron chi connectivity index (χ2n) is 18.5. The number of hydrogen-bond donors (Lipinski definition) is 1. The highest BCUT2D eigenvalue weighted by Crippen LogP contribution is 2.33. The molecule has 3 aliphatic rings. The van der Waals surface area contributed by atoms with Crippen LogP contribution in [0.3, 0.4) is 0 Å². The third-order valence-electron chi connectivity index (χ3n) is 12.0. The third-order valence-corrected chi connectivity index (χ3v) is 12.0. The van der Waals surface area contributed by atoms with E-state index in [1.165, 1.54) is 81.8 Å². The Bertz CT molecular complexity index is 1220. The summed E-state index contributed by atoms with van der Waals surface area (Å²) in [7, 11) is 0. The highest BCUT2D eigenvalue weighted by molar-refractivity contribution is 5.87. The van der Waals surface area contributed by atoms with E-state index in [9.17, 15) is 4.79 Å². The van der Waals surface area contributed by atoms with Gasteiger partial charge in [0, 0.05) is 0 Å². The topological polar surface area (TPSA) is 37.3 Å². The minimum atomic E-state index is -0.863. The SMILES string of the molecule is CC(C)c1cccc(C(=O)O)c1.CC1CC=C(C(C)C)CC1.CC1CCC(C(C)C)CC1.CC1CCC(C(C)C)CC1.Cc1cccc(C(C)C)c1. The minimum absolute atomic E-state index is 0.362. The average molecular weight is 717 g/mol. The molecule has 2 aromatic rings. The van der Waals surface area contributed by atoms with Crippen molar-refractivity contribution in [2.24, 2.45) is 47.3 Å². The first-order valence-electron chi connectivity index (χ1n) is 21.5. The maximum absolute atomic E-state index is 10.6. The van der Waals surface area contributed by atoms with Gasteiger partial charge in [0.15, 0.2) is 0 Å². The molecule has 3 aliphatic carbocycles. The van der Waals surface area contributed by atoms with Crippen molar-refractivity contribution in [2.45, 2.75) is 179 Å². The van der Waals surface area contributed by atoms with Crippen LogP contribution in [0.1, 0.15) is 200 Å². The lowest BCUT2D eigenvalue weighted by Crippen LogP contribution is -2.16. The van der Waals surface area contributed by atoms with Gasteiger partial charge in [0.2, 0.25) is 0 Å². The van der Waals surface area contributed by atoms with Crippen molar-refractivity contribution < 1.29 is 9.90 Å². The van der Waals surface area contributed by atoms with Crippen LogP contribution in [0, 0.1) is 54.3 Å². The van der Waals surface area contributed by atoms with Gasteiger partial charge in [-0.2, -0.15) is 0 Å². The van der Waals surface area contributed by atoms with Crippen LogP contribution in [0.15, 0.2) is 60.2 Å². The number of carboxylic acids is 1. The molecule has 1 N–H and O–H groups in total. The average Bonchev–Trinajstić information content (AvgIpc) is 3.10. The van der Waals surface area contributed by atoms with Crippen LogP contribution in [-0.4, -0.2) is 11.1 Å². The van der Waals surface area contributed by atoms with Crippen LogP contribution >= 0.6 is 0 Å². The summed E-state index contributed by atoms with van der Waals surface area (Å²) in [6.07, 6.45) is 18.3. The molecule has 2 saturated carbocycles. The molecule has 0 aromatic heterocycles. The van der Waals surface area contributed by atoms with Crippen molar-refractivity contribution in [3.05, 3.63) is 82.4 Å². The molecule has 2 fully saturated rings. The van der Waals surface area contributed by atoms with E-state index in [0.29, 0.717) is 17.4 Å². The molecule has 52 heavy (non-hydrogen) atoms. The van der Waals surface area contributed by atoms with Crippen LogP contribution in [0.25, 0.3) is 0 Å². The standard InChI is InChI=1S/C10H12O2.2C10H20.C10H18.C10H14/c1-7(2)8-4-3-5-9(6-8)10(11)12;3*1-8(2)10-6-4-9(3)5-7-10;1-8(2)10-6-4-5-9(3)7-10/h3-7H,1-2H3,(H,11,12);2*8-10H,4-7H2,1-3H3;6,8-9H,4-5,7H2,1-3H3;4-8H,1-3H3. The summed E-state index contributed by atoms with van der Waals surface area (Å²) in [6, 6.07) is 15.7. The maximum Gasteiger partial charge on any atom is 0.335 e. The zero-order chi connectivity index (χ0) is 39.4. The van der Waals surface area contributed by atoms with E-state index in [1.807, 2.05) is 19.9 Å². The van der Waals surface area contributed by atoms with Gasteiger partial charge in [0.1, 0.15) is 0 Å². The summed E-state index contributed by atoms with van der Waals surface area (Å²) in [5.41, 5.74) is 5.89. The Hall–Kier alpha value is -2.35. The van der Waals surface area contributed by atoms with Gasteiger partial charge < -0.3 is 5.11 Å². The summed E-state index contributed by atoms with van der Waals surface area (Å²) in [4.78, 5) is 10.6. The van der Waals surface area contributed by atoms with Crippen molar-refractivity contribution in [1.29, 1.82) is 0 Å². The molecular formula is C50H84O2. The number of carbonyl (C=O) groups is 1. The number of rotatable bonds is 6. The Morgan fingerprint density at radius 2 is 1.02 bits per heavy atom.